The molecule has 0 N–H and O–H groups in total. The van der Waals surface area contributed by atoms with Gasteiger partial charge in [-0.2, -0.15) is 8.42 Å². The first-order valence-corrected chi connectivity index (χ1v) is 13.1. The molecule has 0 heterocycles. The molecule has 0 spiro atoms. The van der Waals surface area contributed by atoms with E-state index >= 15 is 0 Å². The predicted octanol–water partition coefficient (Wildman–Crippen LogP) is 4.47. The summed E-state index contributed by atoms with van der Waals surface area (Å²) < 4.78 is 33.8. The number of carbonyl (C=O) groups excluding carboxylic acids is 1. The topological polar surface area (TPSA) is 69.7 Å². The van der Waals surface area contributed by atoms with Gasteiger partial charge < -0.3 is 4.74 Å². The Morgan fingerprint density at radius 1 is 1.17 bits per heavy atom. The van der Waals surface area contributed by atoms with Crippen LogP contribution in [0.3, 0.4) is 0 Å². The van der Waals surface area contributed by atoms with Gasteiger partial charge in [0.15, 0.2) is 0 Å². The second-order valence-electron chi connectivity index (χ2n) is 10.5. The van der Waals surface area contributed by atoms with Gasteiger partial charge >= 0.3 is 5.97 Å². The second-order valence-corrected chi connectivity index (χ2v) is 12.2. The van der Waals surface area contributed by atoms with Crippen LogP contribution < -0.4 is 0 Å². The Labute approximate surface area is 175 Å². The zero-order chi connectivity index (χ0) is 21.0. The highest BCUT2D eigenvalue weighted by molar-refractivity contribution is 7.85. The number of hydrogen-bond acceptors (Lipinski definition) is 5. The van der Waals surface area contributed by atoms with Gasteiger partial charge in [-0.1, -0.05) is 25.5 Å². The van der Waals surface area contributed by atoms with Gasteiger partial charge in [0.05, 0.1) is 12.9 Å². The van der Waals surface area contributed by atoms with Gasteiger partial charge in [-0.05, 0) is 85.9 Å². The largest absolute Gasteiger partial charge is 0.463 e. The second kappa shape index (κ2) is 7.37. The average Bonchev–Trinajstić information content (AvgIpc) is 2.95. The molecule has 0 bridgehead atoms. The predicted molar refractivity (Wildman–Crippen MR) is 112 cm³/mol. The Balaban J connectivity index is 1.49. The van der Waals surface area contributed by atoms with Gasteiger partial charge in [0.25, 0.3) is 10.1 Å². The Morgan fingerprint density at radius 2 is 1.93 bits per heavy atom. The summed E-state index contributed by atoms with van der Waals surface area (Å²) in [5.41, 5.74) is 1.98. The van der Waals surface area contributed by atoms with Gasteiger partial charge in [-0.15, -0.1) is 0 Å². The molecule has 0 aromatic carbocycles. The number of hydrogen-bond donors (Lipinski definition) is 0. The maximum Gasteiger partial charge on any atom is 0.302 e. The summed E-state index contributed by atoms with van der Waals surface area (Å²) in [6, 6.07) is 0. The number of carbonyl (C=O) groups is 1. The van der Waals surface area contributed by atoms with E-state index in [2.05, 4.69) is 19.9 Å². The molecule has 4 rings (SSSR count). The lowest BCUT2D eigenvalue weighted by Gasteiger charge is -2.59. The van der Waals surface area contributed by atoms with E-state index in [0.717, 1.165) is 38.4 Å². The summed E-state index contributed by atoms with van der Waals surface area (Å²) in [5, 5.41) is 0. The molecule has 0 unspecified atom stereocenters. The number of ether oxygens (including phenoxy) is 1. The summed E-state index contributed by atoms with van der Waals surface area (Å²) in [4.78, 5) is 11.4. The number of esters is 1. The van der Waals surface area contributed by atoms with Crippen molar-refractivity contribution in [3.8, 4) is 0 Å². The first-order valence-electron chi connectivity index (χ1n) is 11.2. The van der Waals surface area contributed by atoms with Crippen LogP contribution in [0.15, 0.2) is 11.6 Å². The van der Waals surface area contributed by atoms with Crippen molar-refractivity contribution in [1.29, 1.82) is 0 Å². The van der Waals surface area contributed by atoms with Gasteiger partial charge in [-0.25, -0.2) is 0 Å². The molecule has 0 amide bonds. The highest BCUT2D eigenvalue weighted by Gasteiger charge is 2.57. The number of allylic oxidation sites excluding steroid dienone is 2. The fourth-order valence-corrected chi connectivity index (χ4v) is 7.85. The van der Waals surface area contributed by atoms with E-state index in [4.69, 9.17) is 8.92 Å². The van der Waals surface area contributed by atoms with Gasteiger partial charge in [0.2, 0.25) is 0 Å². The molecule has 7 atom stereocenters. The Hall–Kier alpha value is -0.880. The normalized spacial score (nSPS) is 44.3. The third kappa shape index (κ3) is 3.80. The lowest BCUT2D eigenvalue weighted by molar-refractivity contribution is -0.155. The van der Waals surface area contributed by atoms with Crippen molar-refractivity contribution in [2.45, 2.75) is 78.2 Å². The summed E-state index contributed by atoms with van der Waals surface area (Å²) >= 11 is 0. The summed E-state index contributed by atoms with van der Waals surface area (Å²) in [6.45, 7) is 6.64. The number of rotatable bonds is 4. The molecular weight excluding hydrogens is 388 g/mol. The molecule has 3 fully saturated rings. The van der Waals surface area contributed by atoms with Gasteiger partial charge in [0.1, 0.15) is 6.10 Å². The lowest BCUT2D eigenvalue weighted by Crippen LogP contribution is -2.52. The smallest absolute Gasteiger partial charge is 0.302 e. The van der Waals surface area contributed by atoms with Crippen LogP contribution in [0, 0.1) is 34.5 Å². The summed E-state index contributed by atoms with van der Waals surface area (Å²) in [6.07, 6.45) is 12.5. The Bertz CT molecular complexity index is 802. The van der Waals surface area contributed by atoms with Crippen LogP contribution in [-0.4, -0.2) is 33.4 Å². The van der Waals surface area contributed by atoms with Crippen molar-refractivity contribution >= 4 is 16.1 Å². The van der Waals surface area contributed by atoms with Crippen molar-refractivity contribution < 1.29 is 22.1 Å². The monoisotopic (exact) mass is 424 g/mol. The lowest BCUT2D eigenvalue weighted by atomic mass is 9.46. The Kier molecular flexibility index (Phi) is 5.42. The third-order valence-corrected chi connectivity index (χ3v) is 9.58. The van der Waals surface area contributed by atoms with Crippen LogP contribution in [0.2, 0.25) is 0 Å². The van der Waals surface area contributed by atoms with Crippen molar-refractivity contribution in [3.63, 3.8) is 0 Å². The van der Waals surface area contributed by atoms with Crippen LogP contribution >= 0.6 is 0 Å². The maximum absolute atomic E-state index is 11.5. The van der Waals surface area contributed by atoms with E-state index in [1.807, 2.05) is 0 Å². The SMILES string of the molecule is CC(=O)O[C@@H]1CC[C@]2(C)[C@@H](CC[C@@H]3C4=CC[C@@H](COS(C)(=O)=O)[C@]4(C)CC[C@H]32)C1. The summed E-state index contributed by atoms with van der Waals surface area (Å²) in [7, 11) is -3.40. The van der Waals surface area contributed by atoms with Crippen LogP contribution in [0.4, 0.5) is 0 Å². The molecule has 4 aliphatic carbocycles. The fourth-order valence-electron chi connectivity index (χ4n) is 7.44. The first-order chi connectivity index (χ1) is 13.5. The van der Waals surface area contributed by atoms with E-state index in [0.29, 0.717) is 29.8 Å². The molecular formula is C23H36O5S. The molecule has 0 aliphatic heterocycles. The minimum Gasteiger partial charge on any atom is -0.463 e. The van der Waals surface area contributed by atoms with Crippen LogP contribution in [0.25, 0.3) is 0 Å². The van der Waals surface area contributed by atoms with Crippen molar-refractivity contribution in [1.82, 2.24) is 0 Å². The molecule has 0 aromatic rings. The fraction of sp³-hybridized carbons (Fsp3) is 0.870. The van der Waals surface area contributed by atoms with Crippen molar-refractivity contribution in [3.05, 3.63) is 11.6 Å². The highest BCUT2D eigenvalue weighted by atomic mass is 32.2. The zero-order valence-corrected chi connectivity index (χ0v) is 19.1. The average molecular weight is 425 g/mol. The van der Waals surface area contributed by atoms with Gasteiger partial charge in [-0.3, -0.25) is 8.98 Å². The molecule has 3 saturated carbocycles. The minimum absolute atomic E-state index is 0.0734. The van der Waals surface area contributed by atoms with E-state index < -0.39 is 10.1 Å². The standard InChI is InChI=1S/C23H36O5S/c1-15(24)28-18-9-11-22(2)16(13-18)5-7-19-20-8-6-17(14-27-29(4,25)26)23(20,3)12-10-21(19)22/h8,16-19,21H,5-7,9-14H2,1-4H3/t16-,17-,18+,19+,21+,22+,23-/m0/s1. The molecule has 0 radical (unpaired) electrons. The highest BCUT2D eigenvalue weighted by Crippen LogP contribution is 2.66. The van der Waals surface area contributed by atoms with E-state index in [1.54, 1.807) is 5.57 Å². The van der Waals surface area contributed by atoms with E-state index in [-0.39, 0.29) is 23.4 Å². The summed E-state index contributed by atoms with van der Waals surface area (Å²) in [5.74, 6) is 2.05. The van der Waals surface area contributed by atoms with Crippen molar-refractivity contribution in [2.75, 3.05) is 12.9 Å². The molecule has 0 saturated heterocycles. The Morgan fingerprint density at radius 3 is 2.62 bits per heavy atom. The van der Waals surface area contributed by atoms with Crippen molar-refractivity contribution in [2.24, 2.45) is 34.5 Å². The molecule has 29 heavy (non-hydrogen) atoms. The van der Waals surface area contributed by atoms with Crippen LogP contribution in [-0.2, 0) is 23.8 Å². The van der Waals surface area contributed by atoms with Crippen LogP contribution in [0.5, 0.6) is 0 Å². The van der Waals surface area contributed by atoms with Gasteiger partial charge in [0, 0.05) is 6.92 Å². The molecule has 5 nitrogen and oxygen atoms in total. The molecule has 4 aliphatic rings. The van der Waals surface area contributed by atoms with E-state index in [9.17, 15) is 13.2 Å². The molecule has 0 aromatic heterocycles. The van der Waals surface area contributed by atoms with Crippen LogP contribution in [0.1, 0.15) is 72.1 Å². The third-order valence-electron chi connectivity index (χ3n) is 9.02. The zero-order valence-electron chi connectivity index (χ0n) is 18.3. The quantitative estimate of drug-likeness (QED) is 0.378. The minimum atomic E-state index is -3.40. The molecule has 6 heteroatoms. The maximum atomic E-state index is 11.5. The first kappa shape index (κ1) is 21.4. The van der Waals surface area contributed by atoms with E-state index in [1.165, 1.54) is 26.2 Å². The molecule has 164 valence electrons. The number of fused-ring (bicyclic) bond motifs is 5.